The summed E-state index contributed by atoms with van der Waals surface area (Å²) in [7, 11) is 1.42. The number of methoxy groups -OCH3 is 1. The SMILES string of the molecule is COc1ccccc1C(=O)NC(=O)COC(=O)CSc1cc(Cl)ccc1Cl. The van der Waals surface area contributed by atoms with Crippen LogP contribution in [0.4, 0.5) is 0 Å². The first-order valence-electron chi connectivity index (χ1n) is 7.61. The summed E-state index contributed by atoms with van der Waals surface area (Å²) >= 11 is 13.0. The highest BCUT2D eigenvalue weighted by atomic mass is 35.5. The normalized spacial score (nSPS) is 10.2. The Morgan fingerprint density at radius 3 is 2.59 bits per heavy atom. The molecular weight excluding hydrogens is 413 g/mol. The third-order valence-electron chi connectivity index (χ3n) is 3.21. The number of carbonyl (C=O) groups excluding carboxylic acids is 3. The van der Waals surface area contributed by atoms with Crippen molar-refractivity contribution in [1.82, 2.24) is 5.32 Å². The van der Waals surface area contributed by atoms with E-state index in [2.05, 4.69) is 5.32 Å². The Kier molecular flexibility index (Phi) is 7.97. The van der Waals surface area contributed by atoms with E-state index < -0.39 is 24.4 Å². The van der Waals surface area contributed by atoms with Gasteiger partial charge in [-0.05, 0) is 30.3 Å². The maximum absolute atomic E-state index is 12.1. The largest absolute Gasteiger partial charge is 0.496 e. The van der Waals surface area contributed by atoms with Gasteiger partial charge in [0.1, 0.15) is 5.75 Å². The van der Waals surface area contributed by atoms with Gasteiger partial charge in [0.15, 0.2) is 6.61 Å². The molecule has 9 heteroatoms. The summed E-state index contributed by atoms with van der Waals surface area (Å²) in [5.74, 6) is -1.75. The van der Waals surface area contributed by atoms with Crippen molar-refractivity contribution in [2.45, 2.75) is 4.90 Å². The average molecular weight is 428 g/mol. The molecule has 2 amide bonds. The summed E-state index contributed by atoms with van der Waals surface area (Å²) in [4.78, 5) is 36.3. The predicted octanol–water partition coefficient (Wildman–Crippen LogP) is 3.59. The predicted molar refractivity (Wildman–Crippen MR) is 104 cm³/mol. The molecule has 0 aliphatic heterocycles. The number of carbonyl (C=O) groups is 3. The zero-order valence-electron chi connectivity index (χ0n) is 14.2. The highest BCUT2D eigenvalue weighted by molar-refractivity contribution is 8.00. The maximum Gasteiger partial charge on any atom is 0.316 e. The highest BCUT2D eigenvalue weighted by Gasteiger charge is 2.16. The lowest BCUT2D eigenvalue weighted by Crippen LogP contribution is -2.34. The van der Waals surface area contributed by atoms with E-state index in [4.69, 9.17) is 32.7 Å². The Hall–Kier alpha value is -2.22. The van der Waals surface area contributed by atoms with Crippen molar-refractivity contribution in [2.75, 3.05) is 19.5 Å². The lowest BCUT2D eigenvalue weighted by molar-refractivity contribution is -0.145. The summed E-state index contributed by atoms with van der Waals surface area (Å²) in [6, 6.07) is 11.3. The fraction of sp³-hybridized carbons (Fsp3) is 0.167. The van der Waals surface area contributed by atoms with E-state index in [1.165, 1.54) is 13.2 Å². The van der Waals surface area contributed by atoms with Crippen LogP contribution in [-0.4, -0.2) is 37.3 Å². The number of ether oxygens (including phenoxy) is 2. The van der Waals surface area contributed by atoms with Crippen molar-refractivity contribution in [3.05, 3.63) is 58.1 Å². The second-order valence-electron chi connectivity index (χ2n) is 5.10. The van der Waals surface area contributed by atoms with Crippen LogP contribution in [0.3, 0.4) is 0 Å². The molecule has 0 heterocycles. The number of halogens is 2. The molecule has 0 atom stereocenters. The summed E-state index contributed by atoms with van der Waals surface area (Å²) < 4.78 is 9.92. The number of rotatable bonds is 7. The molecule has 1 N–H and O–H groups in total. The number of esters is 1. The van der Waals surface area contributed by atoms with Crippen molar-refractivity contribution in [1.29, 1.82) is 0 Å². The van der Waals surface area contributed by atoms with E-state index in [1.807, 2.05) is 0 Å². The zero-order chi connectivity index (χ0) is 19.8. The Labute approximate surface area is 170 Å². The van der Waals surface area contributed by atoms with Crippen LogP contribution in [0.25, 0.3) is 0 Å². The van der Waals surface area contributed by atoms with Crippen LogP contribution >= 0.6 is 35.0 Å². The molecule has 0 bridgehead atoms. The molecule has 0 unspecified atom stereocenters. The molecule has 2 aromatic rings. The lowest BCUT2D eigenvalue weighted by Gasteiger charge is -2.09. The van der Waals surface area contributed by atoms with E-state index in [9.17, 15) is 14.4 Å². The average Bonchev–Trinajstić information content (AvgIpc) is 2.66. The molecule has 0 aliphatic carbocycles. The fourth-order valence-electron chi connectivity index (χ4n) is 1.97. The molecule has 0 spiro atoms. The van der Waals surface area contributed by atoms with Gasteiger partial charge in [0.2, 0.25) is 0 Å². The third kappa shape index (κ3) is 6.46. The van der Waals surface area contributed by atoms with Crippen molar-refractivity contribution < 1.29 is 23.9 Å². The van der Waals surface area contributed by atoms with E-state index in [0.717, 1.165) is 11.8 Å². The molecule has 0 radical (unpaired) electrons. The first-order valence-corrected chi connectivity index (χ1v) is 9.35. The fourth-order valence-corrected chi connectivity index (χ4v) is 3.27. The number of thioether (sulfide) groups is 1. The molecule has 0 saturated carbocycles. The van der Waals surface area contributed by atoms with Gasteiger partial charge in [0, 0.05) is 9.92 Å². The van der Waals surface area contributed by atoms with Crippen LogP contribution in [0.1, 0.15) is 10.4 Å². The van der Waals surface area contributed by atoms with Gasteiger partial charge in [-0.2, -0.15) is 0 Å². The van der Waals surface area contributed by atoms with Crippen LogP contribution in [0, 0.1) is 0 Å². The monoisotopic (exact) mass is 427 g/mol. The van der Waals surface area contributed by atoms with E-state index in [-0.39, 0.29) is 11.3 Å². The maximum atomic E-state index is 12.1. The molecule has 2 rings (SSSR count). The van der Waals surface area contributed by atoms with Crippen LogP contribution in [-0.2, 0) is 14.3 Å². The molecule has 0 aliphatic rings. The van der Waals surface area contributed by atoms with Gasteiger partial charge in [-0.1, -0.05) is 35.3 Å². The topological polar surface area (TPSA) is 81.7 Å². The van der Waals surface area contributed by atoms with Gasteiger partial charge in [0.25, 0.3) is 11.8 Å². The zero-order valence-corrected chi connectivity index (χ0v) is 16.5. The lowest BCUT2D eigenvalue weighted by atomic mass is 10.2. The quantitative estimate of drug-likeness (QED) is 0.536. The summed E-state index contributed by atoms with van der Waals surface area (Å²) in [5.41, 5.74) is 0.200. The molecular formula is C18H15Cl2NO5S. The molecule has 2 aromatic carbocycles. The van der Waals surface area contributed by atoms with Gasteiger partial charge in [-0.15, -0.1) is 11.8 Å². The van der Waals surface area contributed by atoms with Gasteiger partial charge in [0.05, 0.1) is 23.4 Å². The van der Waals surface area contributed by atoms with Crippen LogP contribution in [0.15, 0.2) is 47.4 Å². The Morgan fingerprint density at radius 1 is 1.11 bits per heavy atom. The van der Waals surface area contributed by atoms with E-state index >= 15 is 0 Å². The van der Waals surface area contributed by atoms with Crippen molar-refractivity contribution in [3.63, 3.8) is 0 Å². The number of imide groups is 1. The van der Waals surface area contributed by atoms with Crippen molar-refractivity contribution >= 4 is 52.7 Å². The van der Waals surface area contributed by atoms with Crippen LogP contribution in [0.2, 0.25) is 10.0 Å². The molecule has 142 valence electrons. The Morgan fingerprint density at radius 2 is 1.85 bits per heavy atom. The number of nitrogens with one attached hydrogen (secondary N) is 1. The number of hydrogen-bond donors (Lipinski definition) is 1. The number of benzene rings is 2. The minimum Gasteiger partial charge on any atom is -0.496 e. The first-order chi connectivity index (χ1) is 12.9. The van der Waals surface area contributed by atoms with Gasteiger partial charge < -0.3 is 9.47 Å². The second-order valence-corrected chi connectivity index (χ2v) is 6.96. The molecule has 6 nitrogen and oxygen atoms in total. The third-order valence-corrected chi connectivity index (χ3v) is 4.91. The van der Waals surface area contributed by atoms with E-state index in [1.54, 1.807) is 36.4 Å². The molecule has 0 aromatic heterocycles. The summed E-state index contributed by atoms with van der Waals surface area (Å²) in [5, 5.41) is 3.08. The van der Waals surface area contributed by atoms with Gasteiger partial charge in [-0.3, -0.25) is 19.7 Å². The van der Waals surface area contributed by atoms with Gasteiger partial charge in [-0.25, -0.2) is 0 Å². The number of amides is 2. The minimum absolute atomic E-state index is 0.0617. The summed E-state index contributed by atoms with van der Waals surface area (Å²) in [6.07, 6.45) is 0. The van der Waals surface area contributed by atoms with E-state index in [0.29, 0.717) is 20.7 Å². The van der Waals surface area contributed by atoms with Gasteiger partial charge >= 0.3 is 5.97 Å². The Balaban J connectivity index is 1.80. The van der Waals surface area contributed by atoms with Crippen molar-refractivity contribution in [3.8, 4) is 5.75 Å². The second kappa shape index (κ2) is 10.2. The molecule has 0 saturated heterocycles. The smallest absolute Gasteiger partial charge is 0.316 e. The number of hydrogen-bond acceptors (Lipinski definition) is 6. The standard InChI is InChI=1S/C18H15Cl2NO5S/c1-25-14-5-3-2-4-12(14)18(24)21-16(22)9-26-17(23)10-27-15-8-11(19)6-7-13(15)20/h2-8H,9-10H2,1H3,(H,21,22,24). The first kappa shape index (κ1) is 21.1. The number of para-hydroxylation sites is 1. The highest BCUT2D eigenvalue weighted by Crippen LogP contribution is 2.29. The minimum atomic E-state index is -0.745. The molecule has 27 heavy (non-hydrogen) atoms. The van der Waals surface area contributed by atoms with Crippen LogP contribution < -0.4 is 10.1 Å². The summed E-state index contributed by atoms with van der Waals surface area (Å²) in [6.45, 7) is -0.580. The Bertz CT molecular complexity index is 859. The van der Waals surface area contributed by atoms with Crippen LogP contribution in [0.5, 0.6) is 5.75 Å². The molecule has 0 fully saturated rings. The van der Waals surface area contributed by atoms with Crippen molar-refractivity contribution in [2.24, 2.45) is 0 Å².